The van der Waals surface area contributed by atoms with Crippen molar-refractivity contribution in [2.45, 2.75) is 43.8 Å². The molecule has 160 valence electrons. The van der Waals surface area contributed by atoms with Gasteiger partial charge in [0.2, 0.25) is 11.8 Å². The summed E-state index contributed by atoms with van der Waals surface area (Å²) < 4.78 is 0. The number of aromatic amines is 1. The number of carboxylic acids is 2. The van der Waals surface area contributed by atoms with Crippen LogP contribution in [0.4, 0.5) is 0 Å². The van der Waals surface area contributed by atoms with Gasteiger partial charge in [-0.3, -0.25) is 14.4 Å². The molecule has 3 atom stereocenters. The highest BCUT2D eigenvalue weighted by Gasteiger charge is 2.38. The highest BCUT2D eigenvalue weighted by atomic mass is 16.4. The number of H-pyrrole nitrogens is 1. The van der Waals surface area contributed by atoms with Crippen molar-refractivity contribution in [1.29, 1.82) is 0 Å². The molecule has 0 spiro atoms. The second-order valence-corrected chi connectivity index (χ2v) is 7.36. The molecular weight excluding hydrogens is 392 g/mol. The van der Waals surface area contributed by atoms with Gasteiger partial charge in [0.15, 0.2) is 0 Å². The number of hydrogen-bond acceptors (Lipinski definition) is 5. The number of para-hydroxylation sites is 1. The average Bonchev–Trinajstić information content (AvgIpc) is 3.34. The molecule has 1 aliphatic rings. The zero-order chi connectivity index (χ0) is 21.8. The van der Waals surface area contributed by atoms with E-state index in [0.29, 0.717) is 6.42 Å². The first kappa shape index (κ1) is 21.3. The number of benzene rings is 1. The third-order valence-electron chi connectivity index (χ3n) is 5.27. The number of nitrogens with one attached hydrogen (secondary N) is 2. The molecule has 3 rings (SSSR count). The fraction of sp³-hybridized carbons (Fsp3) is 0.400. The van der Waals surface area contributed by atoms with Crippen LogP contribution < -0.4 is 11.1 Å². The molecule has 0 radical (unpaired) electrons. The Kier molecular flexibility index (Phi) is 6.36. The van der Waals surface area contributed by atoms with E-state index in [-0.39, 0.29) is 19.4 Å². The summed E-state index contributed by atoms with van der Waals surface area (Å²) in [7, 11) is 0. The first-order chi connectivity index (χ1) is 14.3. The quantitative estimate of drug-likeness (QED) is 0.406. The number of carboxylic acid groups (broad SMARTS) is 2. The van der Waals surface area contributed by atoms with Gasteiger partial charge in [-0.1, -0.05) is 18.2 Å². The van der Waals surface area contributed by atoms with Crippen LogP contribution in [0, 0.1) is 0 Å². The Labute approximate surface area is 172 Å². The Bertz CT molecular complexity index is 971. The molecule has 3 unspecified atom stereocenters. The van der Waals surface area contributed by atoms with Crippen molar-refractivity contribution in [3.8, 4) is 0 Å². The number of rotatable bonds is 8. The predicted molar refractivity (Wildman–Crippen MR) is 107 cm³/mol. The lowest BCUT2D eigenvalue weighted by Crippen LogP contribution is -2.55. The van der Waals surface area contributed by atoms with E-state index in [1.165, 1.54) is 0 Å². The first-order valence-corrected chi connectivity index (χ1v) is 9.64. The Hall–Kier alpha value is -3.40. The minimum absolute atomic E-state index is 0.186. The highest BCUT2D eigenvalue weighted by Crippen LogP contribution is 2.20. The van der Waals surface area contributed by atoms with E-state index in [4.69, 9.17) is 10.8 Å². The zero-order valence-corrected chi connectivity index (χ0v) is 16.2. The second kappa shape index (κ2) is 8.95. The Balaban J connectivity index is 1.70. The van der Waals surface area contributed by atoms with Crippen molar-refractivity contribution in [3.05, 3.63) is 36.0 Å². The molecule has 1 fully saturated rings. The summed E-state index contributed by atoms with van der Waals surface area (Å²) in [5.41, 5.74) is 7.73. The molecule has 1 aromatic heterocycles. The topological polar surface area (TPSA) is 166 Å². The Morgan fingerprint density at radius 1 is 1.23 bits per heavy atom. The molecule has 1 saturated heterocycles. The summed E-state index contributed by atoms with van der Waals surface area (Å²) in [5, 5.41) is 21.8. The normalized spacial score (nSPS) is 18.2. The van der Waals surface area contributed by atoms with Gasteiger partial charge in [0.1, 0.15) is 12.1 Å². The summed E-state index contributed by atoms with van der Waals surface area (Å²) in [5.74, 6) is -3.84. The molecule has 30 heavy (non-hydrogen) atoms. The Morgan fingerprint density at radius 2 is 1.97 bits per heavy atom. The largest absolute Gasteiger partial charge is 0.481 e. The van der Waals surface area contributed by atoms with Crippen LogP contribution in [0.3, 0.4) is 0 Å². The van der Waals surface area contributed by atoms with Crippen molar-refractivity contribution < 1.29 is 29.4 Å². The number of carbonyl (C=O) groups is 4. The fourth-order valence-corrected chi connectivity index (χ4v) is 3.77. The second-order valence-electron chi connectivity index (χ2n) is 7.36. The standard InChI is InChI=1S/C20H24N4O6/c21-13(8-11-10-22-14-5-2-1-4-12(11)14)18(27)23-15(9-17(25)26)19(28)24-7-3-6-16(24)20(29)30/h1-2,4-5,10,13,15-16,22H,3,6-9,21H2,(H,23,27)(H,25,26)(H,29,30). The number of hydrogen-bond donors (Lipinski definition) is 5. The van der Waals surface area contributed by atoms with E-state index in [2.05, 4.69) is 10.3 Å². The lowest BCUT2D eigenvalue weighted by Gasteiger charge is -2.27. The van der Waals surface area contributed by atoms with Crippen molar-refractivity contribution in [3.63, 3.8) is 0 Å². The van der Waals surface area contributed by atoms with Gasteiger partial charge in [-0.05, 0) is 30.9 Å². The number of nitrogens with zero attached hydrogens (tertiary/aromatic N) is 1. The smallest absolute Gasteiger partial charge is 0.326 e. The van der Waals surface area contributed by atoms with Gasteiger partial charge in [0, 0.05) is 23.6 Å². The number of fused-ring (bicyclic) bond motifs is 1. The summed E-state index contributed by atoms with van der Waals surface area (Å²) in [6, 6.07) is 4.10. The van der Waals surface area contributed by atoms with Gasteiger partial charge in [-0.2, -0.15) is 0 Å². The van der Waals surface area contributed by atoms with E-state index in [9.17, 15) is 24.3 Å². The number of amides is 2. The van der Waals surface area contributed by atoms with Crippen LogP contribution in [0.2, 0.25) is 0 Å². The van der Waals surface area contributed by atoms with Crippen molar-refractivity contribution in [1.82, 2.24) is 15.2 Å². The Morgan fingerprint density at radius 3 is 2.67 bits per heavy atom. The maximum Gasteiger partial charge on any atom is 0.326 e. The number of likely N-dealkylation sites (tertiary alicyclic amines) is 1. The third-order valence-corrected chi connectivity index (χ3v) is 5.27. The minimum Gasteiger partial charge on any atom is -0.481 e. The van der Waals surface area contributed by atoms with E-state index in [1.54, 1.807) is 6.20 Å². The van der Waals surface area contributed by atoms with E-state index in [1.807, 2.05) is 24.3 Å². The molecule has 1 aromatic carbocycles. The molecule has 0 bridgehead atoms. The van der Waals surface area contributed by atoms with Gasteiger partial charge >= 0.3 is 11.9 Å². The number of aliphatic carboxylic acids is 2. The minimum atomic E-state index is -1.39. The van der Waals surface area contributed by atoms with Crippen LogP contribution in [-0.4, -0.2) is 68.5 Å². The van der Waals surface area contributed by atoms with Gasteiger partial charge < -0.3 is 31.1 Å². The summed E-state index contributed by atoms with van der Waals surface area (Å²) in [4.78, 5) is 52.2. The van der Waals surface area contributed by atoms with Crippen LogP contribution in [0.5, 0.6) is 0 Å². The zero-order valence-electron chi connectivity index (χ0n) is 16.2. The molecular formula is C20H24N4O6. The SMILES string of the molecule is NC(Cc1c[nH]c2ccccc12)C(=O)NC(CC(=O)O)C(=O)N1CCCC1C(=O)O. The van der Waals surface area contributed by atoms with E-state index >= 15 is 0 Å². The predicted octanol–water partition coefficient (Wildman–Crippen LogP) is 0.0728. The first-order valence-electron chi connectivity index (χ1n) is 9.64. The maximum atomic E-state index is 12.8. The molecule has 2 amide bonds. The lowest BCUT2D eigenvalue weighted by atomic mass is 10.0. The monoisotopic (exact) mass is 416 g/mol. The van der Waals surface area contributed by atoms with Gasteiger partial charge in [-0.15, -0.1) is 0 Å². The van der Waals surface area contributed by atoms with Crippen LogP contribution in [0.1, 0.15) is 24.8 Å². The maximum absolute atomic E-state index is 12.8. The van der Waals surface area contributed by atoms with Gasteiger partial charge in [-0.25, -0.2) is 4.79 Å². The third kappa shape index (κ3) is 4.60. The molecule has 2 heterocycles. The number of aromatic nitrogens is 1. The molecule has 1 aliphatic heterocycles. The fourth-order valence-electron chi connectivity index (χ4n) is 3.77. The highest BCUT2D eigenvalue weighted by molar-refractivity contribution is 5.94. The molecule has 0 aliphatic carbocycles. The molecule has 6 N–H and O–H groups in total. The van der Waals surface area contributed by atoms with Crippen LogP contribution >= 0.6 is 0 Å². The summed E-state index contributed by atoms with van der Waals surface area (Å²) >= 11 is 0. The van der Waals surface area contributed by atoms with Crippen LogP contribution in [-0.2, 0) is 25.6 Å². The van der Waals surface area contributed by atoms with Crippen LogP contribution in [0.15, 0.2) is 30.5 Å². The van der Waals surface area contributed by atoms with Crippen molar-refractivity contribution >= 4 is 34.7 Å². The lowest BCUT2D eigenvalue weighted by molar-refractivity contribution is -0.150. The van der Waals surface area contributed by atoms with Crippen LogP contribution in [0.25, 0.3) is 10.9 Å². The average molecular weight is 416 g/mol. The van der Waals surface area contributed by atoms with Gasteiger partial charge in [0.25, 0.3) is 0 Å². The summed E-state index contributed by atoms with van der Waals surface area (Å²) in [6.07, 6.45) is 2.06. The molecule has 2 aromatic rings. The number of nitrogens with two attached hydrogens (primary N) is 1. The molecule has 10 heteroatoms. The van der Waals surface area contributed by atoms with Crippen molar-refractivity contribution in [2.75, 3.05) is 6.54 Å². The van der Waals surface area contributed by atoms with Gasteiger partial charge in [0.05, 0.1) is 12.5 Å². The molecule has 0 saturated carbocycles. The molecule has 10 nitrogen and oxygen atoms in total. The number of carbonyl (C=O) groups excluding carboxylic acids is 2. The van der Waals surface area contributed by atoms with E-state index in [0.717, 1.165) is 21.4 Å². The van der Waals surface area contributed by atoms with E-state index < -0.39 is 48.3 Å². The summed E-state index contributed by atoms with van der Waals surface area (Å²) in [6.45, 7) is 0.198. The van der Waals surface area contributed by atoms with Crippen molar-refractivity contribution in [2.24, 2.45) is 5.73 Å².